The number of aryl methyl sites for hydroxylation is 1. The Morgan fingerprint density at radius 2 is 1.61 bits per heavy atom. The van der Waals surface area contributed by atoms with Gasteiger partial charge >= 0.3 is 5.91 Å². The number of carbonyl (C=O) groups is 2. The summed E-state index contributed by atoms with van der Waals surface area (Å²) in [5, 5.41) is 0. The summed E-state index contributed by atoms with van der Waals surface area (Å²) in [4.78, 5) is 27.3. The smallest absolute Gasteiger partial charge is 0.303 e. The van der Waals surface area contributed by atoms with Crippen LogP contribution in [-0.2, 0) is 14.8 Å². The van der Waals surface area contributed by atoms with E-state index in [-0.39, 0.29) is 0 Å². The van der Waals surface area contributed by atoms with Gasteiger partial charge in [-0.05, 0) is 31.2 Å². The van der Waals surface area contributed by atoms with E-state index in [1.807, 2.05) is 6.92 Å². The molecule has 0 spiro atoms. The molecular formula is C20H22N3O4S+. The van der Waals surface area contributed by atoms with Crippen LogP contribution >= 0.6 is 0 Å². The third-order valence-corrected chi connectivity index (χ3v) is 7.26. The number of fused-ring (bicyclic) bond motifs is 1. The highest BCUT2D eigenvalue weighted by atomic mass is 32.2. The van der Waals surface area contributed by atoms with Gasteiger partial charge in [0.1, 0.15) is 0 Å². The first kappa shape index (κ1) is 18.8. The number of amides is 1. The summed E-state index contributed by atoms with van der Waals surface area (Å²) < 4.78 is 27.1. The number of benzene rings is 2. The fraction of sp³-hybridized carbons (Fsp3) is 0.300. The van der Waals surface area contributed by atoms with Gasteiger partial charge in [-0.25, -0.2) is 8.42 Å². The van der Waals surface area contributed by atoms with E-state index in [0.717, 1.165) is 10.5 Å². The Kier molecular flexibility index (Phi) is 4.78. The van der Waals surface area contributed by atoms with E-state index in [4.69, 9.17) is 0 Å². The van der Waals surface area contributed by atoms with Crippen molar-refractivity contribution in [2.75, 3.05) is 37.7 Å². The largest absolute Gasteiger partial charge is 0.315 e. The predicted octanol–water partition coefficient (Wildman–Crippen LogP) is 0.0712. The zero-order valence-electron chi connectivity index (χ0n) is 15.6. The van der Waals surface area contributed by atoms with E-state index in [9.17, 15) is 18.0 Å². The first-order valence-electron chi connectivity index (χ1n) is 9.23. The Bertz CT molecular complexity index is 1030. The van der Waals surface area contributed by atoms with Gasteiger partial charge in [-0.15, -0.1) is 0 Å². The van der Waals surface area contributed by atoms with E-state index in [1.54, 1.807) is 48.5 Å². The first-order chi connectivity index (χ1) is 13.4. The third kappa shape index (κ3) is 3.23. The Morgan fingerprint density at radius 3 is 2.29 bits per heavy atom. The second-order valence-electron chi connectivity index (χ2n) is 7.20. The minimum Gasteiger partial charge on any atom is -0.315 e. The number of sulfonamides is 1. The summed E-state index contributed by atoms with van der Waals surface area (Å²) in [6.07, 6.45) is 0. The maximum atomic E-state index is 12.8. The average molecular weight is 400 g/mol. The van der Waals surface area contributed by atoms with E-state index in [0.29, 0.717) is 49.0 Å². The van der Waals surface area contributed by atoms with Crippen LogP contribution in [0.3, 0.4) is 0 Å². The van der Waals surface area contributed by atoms with Crippen molar-refractivity contribution in [1.29, 1.82) is 0 Å². The Labute approximate surface area is 164 Å². The lowest BCUT2D eigenvalue weighted by molar-refractivity contribution is -0.902. The molecule has 0 unspecified atom stereocenters. The summed E-state index contributed by atoms with van der Waals surface area (Å²) in [5.41, 5.74) is 2.09. The molecule has 146 valence electrons. The standard InChI is InChI=1S/C20H21N3O4S/c1-15-6-8-16(9-7-15)28(26,27)22-12-10-21(11-13-22)14-23-18-5-3-2-4-17(18)19(24)20(23)25/h2-9H,10-14H2,1H3/p+1. The van der Waals surface area contributed by atoms with Crippen molar-refractivity contribution in [3.63, 3.8) is 0 Å². The number of carbonyl (C=O) groups excluding carboxylic acids is 2. The fourth-order valence-corrected chi connectivity index (χ4v) is 5.13. The zero-order chi connectivity index (χ0) is 19.9. The highest BCUT2D eigenvalue weighted by molar-refractivity contribution is 7.89. The molecule has 28 heavy (non-hydrogen) atoms. The number of quaternary nitrogens is 1. The molecule has 8 heteroatoms. The molecular weight excluding hydrogens is 378 g/mol. The van der Waals surface area contributed by atoms with Gasteiger partial charge in [0.15, 0.2) is 6.67 Å². The highest BCUT2D eigenvalue weighted by Crippen LogP contribution is 2.27. The molecule has 2 aliphatic heterocycles. The topological polar surface area (TPSA) is 79.2 Å². The van der Waals surface area contributed by atoms with Gasteiger partial charge in [0.05, 0.1) is 42.3 Å². The Morgan fingerprint density at radius 1 is 0.964 bits per heavy atom. The molecule has 1 saturated heterocycles. The van der Waals surface area contributed by atoms with E-state index < -0.39 is 21.7 Å². The summed E-state index contributed by atoms with van der Waals surface area (Å²) in [6, 6.07) is 13.8. The van der Waals surface area contributed by atoms with Crippen molar-refractivity contribution in [3.8, 4) is 0 Å². The highest BCUT2D eigenvalue weighted by Gasteiger charge is 2.39. The van der Waals surface area contributed by atoms with Crippen LogP contribution in [0.2, 0.25) is 0 Å². The Balaban J connectivity index is 1.43. The van der Waals surface area contributed by atoms with Crippen LogP contribution in [0, 0.1) is 6.92 Å². The van der Waals surface area contributed by atoms with Crippen LogP contribution in [0.1, 0.15) is 15.9 Å². The Hall–Kier alpha value is -2.55. The maximum absolute atomic E-state index is 12.8. The van der Waals surface area contributed by atoms with Crippen molar-refractivity contribution in [2.45, 2.75) is 11.8 Å². The number of nitrogens with zero attached hydrogens (tertiary/aromatic N) is 2. The number of hydrogen-bond acceptors (Lipinski definition) is 4. The lowest BCUT2D eigenvalue weighted by Gasteiger charge is -2.33. The summed E-state index contributed by atoms with van der Waals surface area (Å²) in [7, 11) is -3.51. The normalized spacial score (nSPS) is 18.5. The number of nitrogens with one attached hydrogen (secondary N) is 1. The van der Waals surface area contributed by atoms with Gasteiger partial charge in [-0.2, -0.15) is 4.31 Å². The zero-order valence-corrected chi connectivity index (χ0v) is 16.4. The minimum atomic E-state index is -3.51. The van der Waals surface area contributed by atoms with Crippen molar-refractivity contribution in [3.05, 3.63) is 59.7 Å². The molecule has 2 aromatic carbocycles. The number of hydrogen-bond donors (Lipinski definition) is 1. The molecule has 1 amide bonds. The van der Waals surface area contributed by atoms with Crippen LogP contribution in [0.25, 0.3) is 0 Å². The van der Waals surface area contributed by atoms with E-state index in [2.05, 4.69) is 0 Å². The number of anilines is 1. The molecule has 0 radical (unpaired) electrons. The molecule has 2 heterocycles. The second-order valence-corrected chi connectivity index (χ2v) is 9.14. The summed E-state index contributed by atoms with van der Waals surface area (Å²) in [6.45, 7) is 4.18. The van der Waals surface area contributed by atoms with Gasteiger partial charge in [-0.1, -0.05) is 29.8 Å². The van der Waals surface area contributed by atoms with Crippen molar-refractivity contribution in [1.82, 2.24) is 4.31 Å². The predicted molar refractivity (Wildman–Crippen MR) is 104 cm³/mol. The van der Waals surface area contributed by atoms with Gasteiger partial charge in [-0.3, -0.25) is 14.5 Å². The minimum absolute atomic E-state index is 0.302. The first-order valence-corrected chi connectivity index (χ1v) is 10.7. The van der Waals surface area contributed by atoms with Gasteiger partial charge in [0.25, 0.3) is 5.78 Å². The van der Waals surface area contributed by atoms with Crippen molar-refractivity contribution < 1.29 is 22.9 Å². The van der Waals surface area contributed by atoms with Gasteiger partial charge in [0, 0.05) is 0 Å². The average Bonchev–Trinajstić information content (AvgIpc) is 2.94. The number of rotatable bonds is 4. The number of para-hydroxylation sites is 1. The van der Waals surface area contributed by atoms with Crippen LogP contribution in [0.15, 0.2) is 53.4 Å². The van der Waals surface area contributed by atoms with E-state index >= 15 is 0 Å². The number of ketones is 1. The molecule has 0 aromatic heterocycles. The maximum Gasteiger partial charge on any atom is 0.303 e. The van der Waals surface area contributed by atoms with Gasteiger partial charge in [0.2, 0.25) is 10.0 Å². The molecule has 1 fully saturated rings. The SMILES string of the molecule is Cc1ccc(S(=O)(=O)N2CC[NH+](CN3C(=O)C(=O)c4ccccc43)CC2)cc1. The molecule has 0 saturated carbocycles. The summed E-state index contributed by atoms with van der Waals surface area (Å²) >= 11 is 0. The fourth-order valence-electron chi connectivity index (χ4n) is 3.69. The van der Waals surface area contributed by atoms with Crippen molar-refractivity contribution >= 4 is 27.4 Å². The quantitative estimate of drug-likeness (QED) is 0.737. The monoisotopic (exact) mass is 400 g/mol. The molecule has 0 aliphatic carbocycles. The lowest BCUT2D eigenvalue weighted by atomic mass is 10.1. The van der Waals surface area contributed by atoms with Crippen LogP contribution in [0.5, 0.6) is 0 Å². The van der Waals surface area contributed by atoms with Gasteiger partial charge < -0.3 is 4.90 Å². The molecule has 4 rings (SSSR count). The van der Waals surface area contributed by atoms with Crippen LogP contribution in [-0.4, -0.2) is 57.3 Å². The second kappa shape index (κ2) is 7.12. The number of piperazine rings is 1. The molecule has 2 aromatic rings. The molecule has 1 N–H and O–H groups in total. The third-order valence-electron chi connectivity index (χ3n) is 5.35. The molecule has 0 bridgehead atoms. The van der Waals surface area contributed by atoms with Crippen molar-refractivity contribution in [2.24, 2.45) is 0 Å². The van der Waals surface area contributed by atoms with Crippen LogP contribution < -0.4 is 9.80 Å². The molecule has 7 nitrogen and oxygen atoms in total. The molecule has 2 aliphatic rings. The molecule has 0 atom stereocenters. The van der Waals surface area contributed by atoms with Crippen LogP contribution in [0.4, 0.5) is 5.69 Å². The van der Waals surface area contributed by atoms with E-state index in [1.165, 1.54) is 9.21 Å². The lowest BCUT2D eigenvalue weighted by Crippen LogP contribution is -3.16. The number of Topliss-reactive ketones (excluding diaryl/α,β-unsaturated/α-hetero) is 1. The summed E-state index contributed by atoms with van der Waals surface area (Å²) in [5.74, 6) is -0.987.